The molecule has 0 bridgehead atoms. The van der Waals surface area contributed by atoms with E-state index in [0.29, 0.717) is 0 Å². The van der Waals surface area contributed by atoms with E-state index in [-0.39, 0.29) is 15.7 Å². The van der Waals surface area contributed by atoms with E-state index in [1.54, 1.807) is 0 Å². The van der Waals surface area contributed by atoms with Crippen molar-refractivity contribution < 1.29 is 23.8 Å². The zero-order valence-corrected chi connectivity index (χ0v) is 10.4. The fourth-order valence-corrected chi connectivity index (χ4v) is 1.54. The van der Waals surface area contributed by atoms with Crippen LogP contribution >= 0.6 is 23.2 Å². The largest absolute Gasteiger partial charge is 0.480 e. The van der Waals surface area contributed by atoms with Crippen LogP contribution < -0.4 is 5.32 Å². The number of nitrogens with one attached hydrogen (secondary N) is 1. The van der Waals surface area contributed by atoms with Crippen LogP contribution in [0.25, 0.3) is 0 Å². The van der Waals surface area contributed by atoms with Crippen molar-refractivity contribution in [3.8, 4) is 0 Å². The van der Waals surface area contributed by atoms with Crippen LogP contribution in [0.5, 0.6) is 0 Å². The lowest BCUT2D eigenvalue weighted by molar-refractivity contribution is -0.143. The van der Waals surface area contributed by atoms with Crippen molar-refractivity contribution >= 4 is 40.8 Å². The number of ether oxygens (including phenoxy) is 1. The number of carbonyl (C=O) groups is 2. The average Bonchev–Trinajstić information content (AvgIpc) is 2.25. The number of aliphatic carboxylic acids is 1. The molecule has 98 valence electrons. The maximum absolute atomic E-state index is 13.1. The normalized spacial score (nSPS) is 10.2. The number of anilines is 1. The number of hydrogen-bond acceptors (Lipinski definition) is 3. The molecule has 5 nitrogen and oxygen atoms in total. The standard InChI is InChI=1S/C10H8Cl2FNO4/c11-6-1-5(2-7(12)10(6)13)14-8(15)3-18-4-9(16)17/h1-2H,3-4H2,(H,14,15)(H,16,17). The molecule has 0 aromatic heterocycles. The summed E-state index contributed by atoms with van der Waals surface area (Å²) in [6, 6.07) is 2.36. The molecular weight excluding hydrogens is 288 g/mol. The SMILES string of the molecule is O=C(O)COCC(=O)Nc1cc(Cl)c(F)c(Cl)c1. The van der Waals surface area contributed by atoms with Gasteiger partial charge in [-0.05, 0) is 12.1 Å². The summed E-state index contributed by atoms with van der Waals surface area (Å²) in [7, 11) is 0. The number of halogens is 3. The highest BCUT2D eigenvalue weighted by Crippen LogP contribution is 2.27. The van der Waals surface area contributed by atoms with E-state index in [1.807, 2.05) is 0 Å². The Labute approximate surface area is 111 Å². The number of amides is 1. The number of carbonyl (C=O) groups excluding carboxylic acids is 1. The fourth-order valence-electron chi connectivity index (χ4n) is 1.06. The van der Waals surface area contributed by atoms with Crippen LogP contribution in [0.15, 0.2) is 12.1 Å². The highest BCUT2D eigenvalue weighted by molar-refractivity contribution is 6.35. The van der Waals surface area contributed by atoms with E-state index in [1.165, 1.54) is 12.1 Å². The van der Waals surface area contributed by atoms with Crippen LogP contribution in [-0.4, -0.2) is 30.2 Å². The van der Waals surface area contributed by atoms with Gasteiger partial charge in [-0.1, -0.05) is 23.2 Å². The molecule has 0 fully saturated rings. The lowest BCUT2D eigenvalue weighted by Gasteiger charge is -2.07. The van der Waals surface area contributed by atoms with Crippen molar-refractivity contribution in [3.63, 3.8) is 0 Å². The second-order valence-electron chi connectivity index (χ2n) is 3.19. The fraction of sp³-hybridized carbons (Fsp3) is 0.200. The number of benzene rings is 1. The Bertz CT molecular complexity index is 458. The van der Waals surface area contributed by atoms with E-state index in [2.05, 4.69) is 10.1 Å². The lowest BCUT2D eigenvalue weighted by Crippen LogP contribution is -2.20. The first-order chi connectivity index (χ1) is 8.40. The van der Waals surface area contributed by atoms with Crippen molar-refractivity contribution in [2.75, 3.05) is 18.5 Å². The second-order valence-corrected chi connectivity index (χ2v) is 4.00. The predicted octanol–water partition coefficient (Wildman–Crippen LogP) is 2.17. The minimum Gasteiger partial charge on any atom is -0.480 e. The molecular formula is C10H8Cl2FNO4. The van der Waals surface area contributed by atoms with Gasteiger partial charge in [-0.15, -0.1) is 0 Å². The molecule has 18 heavy (non-hydrogen) atoms. The molecule has 0 radical (unpaired) electrons. The summed E-state index contributed by atoms with van der Waals surface area (Å²) < 4.78 is 17.6. The molecule has 0 aliphatic rings. The number of rotatable bonds is 5. The van der Waals surface area contributed by atoms with Gasteiger partial charge in [0.25, 0.3) is 0 Å². The molecule has 0 spiro atoms. The Kier molecular flexibility index (Phi) is 5.33. The molecule has 8 heteroatoms. The first-order valence-corrected chi connectivity index (χ1v) is 5.39. The monoisotopic (exact) mass is 295 g/mol. The third-order valence-electron chi connectivity index (χ3n) is 1.73. The maximum atomic E-state index is 13.1. The van der Waals surface area contributed by atoms with Crippen molar-refractivity contribution in [2.24, 2.45) is 0 Å². The third-order valence-corrected chi connectivity index (χ3v) is 2.28. The van der Waals surface area contributed by atoms with Crippen molar-refractivity contribution in [1.82, 2.24) is 0 Å². The zero-order chi connectivity index (χ0) is 13.7. The van der Waals surface area contributed by atoms with Crippen LogP contribution in [0.3, 0.4) is 0 Å². The van der Waals surface area contributed by atoms with Gasteiger partial charge >= 0.3 is 5.97 Å². The molecule has 0 atom stereocenters. The topological polar surface area (TPSA) is 75.6 Å². The molecule has 1 rings (SSSR count). The number of carboxylic acid groups (broad SMARTS) is 1. The number of carboxylic acids is 1. The summed E-state index contributed by atoms with van der Waals surface area (Å²) in [5.74, 6) is -2.57. The van der Waals surface area contributed by atoms with Gasteiger partial charge in [0.15, 0.2) is 5.82 Å². The van der Waals surface area contributed by atoms with Gasteiger partial charge in [-0.25, -0.2) is 9.18 Å². The summed E-state index contributed by atoms with van der Waals surface area (Å²) >= 11 is 11.1. The van der Waals surface area contributed by atoms with Gasteiger partial charge in [0.2, 0.25) is 5.91 Å². The van der Waals surface area contributed by atoms with Gasteiger partial charge < -0.3 is 15.2 Å². The second kappa shape index (κ2) is 6.53. The molecule has 1 aromatic rings. The van der Waals surface area contributed by atoms with Crippen molar-refractivity contribution in [1.29, 1.82) is 0 Å². The highest BCUT2D eigenvalue weighted by atomic mass is 35.5. The number of hydrogen-bond donors (Lipinski definition) is 2. The van der Waals surface area contributed by atoms with Crippen LogP contribution in [0.1, 0.15) is 0 Å². The van der Waals surface area contributed by atoms with Gasteiger partial charge in [0.1, 0.15) is 13.2 Å². The van der Waals surface area contributed by atoms with E-state index in [4.69, 9.17) is 28.3 Å². The molecule has 0 saturated heterocycles. The Morgan fingerprint density at radius 2 is 1.83 bits per heavy atom. The molecule has 1 amide bonds. The molecule has 0 aliphatic heterocycles. The minimum atomic E-state index is -1.18. The summed E-state index contributed by atoms with van der Waals surface area (Å²) in [6.07, 6.45) is 0. The average molecular weight is 296 g/mol. The molecule has 0 saturated carbocycles. The Morgan fingerprint density at radius 3 is 2.33 bits per heavy atom. The van der Waals surface area contributed by atoms with Crippen LogP contribution in [-0.2, 0) is 14.3 Å². The van der Waals surface area contributed by atoms with E-state index >= 15 is 0 Å². The van der Waals surface area contributed by atoms with Crippen LogP contribution in [0, 0.1) is 5.82 Å². The Balaban J connectivity index is 2.57. The van der Waals surface area contributed by atoms with Gasteiger partial charge in [-0.2, -0.15) is 0 Å². The molecule has 0 heterocycles. The summed E-state index contributed by atoms with van der Waals surface area (Å²) in [4.78, 5) is 21.4. The zero-order valence-electron chi connectivity index (χ0n) is 8.87. The molecule has 1 aromatic carbocycles. The van der Waals surface area contributed by atoms with Gasteiger partial charge in [0, 0.05) is 5.69 Å². The summed E-state index contributed by atoms with van der Waals surface area (Å²) in [5.41, 5.74) is 0.190. The van der Waals surface area contributed by atoms with Crippen LogP contribution in [0.2, 0.25) is 10.0 Å². The first kappa shape index (κ1) is 14.7. The van der Waals surface area contributed by atoms with E-state index in [9.17, 15) is 14.0 Å². The maximum Gasteiger partial charge on any atom is 0.329 e. The van der Waals surface area contributed by atoms with Gasteiger partial charge in [0.05, 0.1) is 10.0 Å². The van der Waals surface area contributed by atoms with Crippen molar-refractivity contribution in [2.45, 2.75) is 0 Å². The van der Waals surface area contributed by atoms with Crippen LogP contribution in [0.4, 0.5) is 10.1 Å². The van der Waals surface area contributed by atoms with E-state index < -0.39 is 30.9 Å². The smallest absolute Gasteiger partial charge is 0.329 e. The Hall–Kier alpha value is -1.37. The summed E-state index contributed by atoms with van der Waals surface area (Å²) in [5, 5.41) is 10.2. The first-order valence-electron chi connectivity index (χ1n) is 4.64. The van der Waals surface area contributed by atoms with Gasteiger partial charge in [-0.3, -0.25) is 4.79 Å². The van der Waals surface area contributed by atoms with E-state index in [0.717, 1.165) is 0 Å². The molecule has 0 aliphatic carbocycles. The lowest BCUT2D eigenvalue weighted by atomic mass is 10.3. The molecule has 0 unspecified atom stereocenters. The minimum absolute atomic E-state index is 0.190. The predicted molar refractivity (Wildman–Crippen MR) is 63.5 cm³/mol. The van der Waals surface area contributed by atoms with Crippen molar-refractivity contribution in [3.05, 3.63) is 28.0 Å². The highest BCUT2D eigenvalue weighted by Gasteiger charge is 2.10. The quantitative estimate of drug-likeness (QED) is 0.816. The molecule has 2 N–H and O–H groups in total. The Morgan fingerprint density at radius 1 is 1.28 bits per heavy atom. The third kappa shape index (κ3) is 4.48. The summed E-state index contributed by atoms with van der Waals surface area (Å²) in [6.45, 7) is -1.03.